The second-order valence-electron chi connectivity index (χ2n) is 0.448. The van der Waals surface area contributed by atoms with Gasteiger partial charge in [-0.1, -0.05) is 0 Å². The van der Waals surface area contributed by atoms with Crippen molar-refractivity contribution in [2.45, 2.75) is 0 Å². The fraction of sp³-hybridized carbons (Fsp3) is 0. The van der Waals surface area contributed by atoms with Crippen molar-refractivity contribution in [2.24, 2.45) is 0 Å². The Bertz CT molecular complexity index is 95.6. The van der Waals surface area contributed by atoms with Crippen molar-refractivity contribution in [3.63, 3.8) is 0 Å². The molecule has 5 nitrogen and oxygen atoms in total. The van der Waals surface area contributed by atoms with Gasteiger partial charge in [-0.15, -0.1) is 12.4 Å². The van der Waals surface area contributed by atoms with Gasteiger partial charge in [0.25, 0.3) is 0 Å². The molecule has 0 aromatic heterocycles. The van der Waals surface area contributed by atoms with Gasteiger partial charge in [-0.3, -0.25) is 4.70 Å². The Morgan fingerprint density at radius 3 is 1.12 bits per heavy atom. The number of hydrogen-bond donors (Lipinski definition) is 2. The standard InChI is InChI=1S/ClH.FH.H2O4Te.H2O/c;;1-5(2,3)4;/h2*1H;(H2,1,2,3,4);1H2. The van der Waals surface area contributed by atoms with Crippen LogP contribution in [0.15, 0.2) is 0 Å². The number of rotatable bonds is 0. The van der Waals surface area contributed by atoms with Crippen molar-refractivity contribution < 1.29 is 23.3 Å². The predicted octanol–water partition coefficient (Wildman–Crippen LogP) is -1.98. The molecule has 0 radical (unpaired) electrons. The van der Waals surface area contributed by atoms with Crippen LogP contribution in [0.4, 0.5) is 4.70 Å². The molecular weight excluding hydrogens is 262 g/mol. The first-order valence-electron chi connectivity index (χ1n) is 0.698. The molecule has 0 unspecified atom stereocenters. The molecule has 8 heavy (non-hydrogen) atoms. The Hall–Kier alpha value is 0.490. The van der Waals surface area contributed by atoms with E-state index in [4.69, 9.17) is 13.2 Å². The van der Waals surface area contributed by atoms with Gasteiger partial charge in [-0.05, 0) is 0 Å². The van der Waals surface area contributed by atoms with Gasteiger partial charge in [0.2, 0.25) is 0 Å². The van der Waals surface area contributed by atoms with Crippen molar-refractivity contribution in [3.8, 4) is 0 Å². The van der Waals surface area contributed by atoms with Gasteiger partial charge in [0, 0.05) is 0 Å². The van der Waals surface area contributed by atoms with Gasteiger partial charge in [-0.25, -0.2) is 0 Å². The molecule has 0 amide bonds. The molecule has 56 valence electrons. The Morgan fingerprint density at radius 1 is 1.12 bits per heavy atom. The van der Waals surface area contributed by atoms with Crippen LogP contribution in [-0.4, -0.2) is 31.4 Å². The minimum absolute atomic E-state index is 0. The van der Waals surface area contributed by atoms with E-state index in [2.05, 4.69) is 0 Å². The van der Waals surface area contributed by atoms with Gasteiger partial charge in [0.1, 0.15) is 0 Å². The van der Waals surface area contributed by atoms with E-state index in [-0.39, 0.29) is 22.6 Å². The maximum absolute atomic E-state index is 8.85. The van der Waals surface area contributed by atoms with Gasteiger partial charge in [-0.2, -0.15) is 0 Å². The summed E-state index contributed by atoms with van der Waals surface area (Å²) in [7, 11) is 0. The second kappa shape index (κ2) is 7.49. The summed E-state index contributed by atoms with van der Waals surface area (Å²) < 4.78 is 32.0. The molecule has 0 rings (SSSR count). The van der Waals surface area contributed by atoms with Crippen LogP contribution in [0.5, 0.6) is 0 Å². The van der Waals surface area contributed by atoms with Gasteiger partial charge in [0.15, 0.2) is 0 Å². The summed E-state index contributed by atoms with van der Waals surface area (Å²) in [5.41, 5.74) is 0. The average molecular weight is 268 g/mol. The van der Waals surface area contributed by atoms with Crippen LogP contribution in [0.3, 0.4) is 0 Å². The summed E-state index contributed by atoms with van der Waals surface area (Å²) in [4.78, 5) is 0. The minimum atomic E-state index is -5.52. The maximum atomic E-state index is 8.85. The molecule has 8 heteroatoms. The molecule has 0 aromatic carbocycles. The Morgan fingerprint density at radius 2 is 1.12 bits per heavy atom. The van der Waals surface area contributed by atoms with Crippen molar-refractivity contribution >= 4 is 31.4 Å². The van der Waals surface area contributed by atoms with Crippen LogP contribution in [-0.2, 0) is 6.21 Å². The van der Waals surface area contributed by atoms with E-state index in [1.165, 1.54) is 0 Å². The molecule has 0 heterocycles. The van der Waals surface area contributed by atoms with E-state index in [1.807, 2.05) is 0 Å². The van der Waals surface area contributed by atoms with E-state index in [0.717, 1.165) is 0 Å². The first-order chi connectivity index (χ1) is 2.00. The number of halogens is 2. The third-order valence-electron chi connectivity index (χ3n) is 0. The molecule has 0 fully saturated rings. The van der Waals surface area contributed by atoms with Crippen LogP contribution in [0.1, 0.15) is 0 Å². The summed E-state index contributed by atoms with van der Waals surface area (Å²) in [6.07, 6.45) is 0. The number of hydrogen-bond acceptors (Lipinski definition) is 2. The summed E-state index contributed by atoms with van der Waals surface area (Å²) in [6, 6.07) is 0. The van der Waals surface area contributed by atoms with E-state index in [0.29, 0.717) is 0 Å². The summed E-state index contributed by atoms with van der Waals surface area (Å²) in [6.45, 7) is 0. The molecule has 0 aromatic rings. The van der Waals surface area contributed by atoms with Crippen LogP contribution < -0.4 is 0 Å². The Balaban J connectivity index is -0.0000000267. The zero-order chi connectivity index (χ0) is 4.50. The van der Waals surface area contributed by atoms with Crippen molar-refractivity contribution in [2.75, 3.05) is 0 Å². The third-order valence-corrected chi connectivity index (χ3v) is 0. The van der Waals surface area contributed by atoms with E-state index in [1.54, 1.807) is 0 Å². The molecule has 0 spiro atoms. The Kier molecular flexibility index (Phi) is 22.1. The summed E-state index contributed by atoms with van der Waals surface area (Å²) in [5, 5.41) is 0. The molecule has 0 aliphatic heterocycles. The normalized spacial score (nSPS) is 7.25. The molecule has 0 aliphatic rings. The van der Waals surface area contributed by atoms with Crippen molar-refractivity contribution in [1.29, 1.82) is 0 Å². The Labute approximate surface area is 55.1 Å². The zero-order valence-corrected chi connectivity index (χ0v) is 6.58. The van der Waals surface area contributed by atoms with Crippen LogP contribution in [0.2, 0.25) is 0 Å². The van der Waals surface area contributed by atoms with E-state index in [9.17, 15) is 0 Å². The summed E-state index contributed by atoms with van der Waals surface area (Å²) in [5.74, 6) is 0. The van der Waals surface area contributed by atoms with E-state index >= 15 is 0 Å². The SMILES string of the molecule is Cl.F.O.O=[Te](=O)(O)O. The first-order valence-corrected chi connectivity index (χ1v) is 4.69. The van der Waals surface area contributed by atoms with E-state index < -0.39 is 19.0 Å². The van der Waals surface area contributed by atoms with Crippen LogP contribution >= 0.6 is 12.4 Å². The molecule has 0 bridgehead atoms. The van der Waals surface area contributed by atoms with Crippen LogP contribution in [0.25, 0.3) is 0 Å². The van der Waals surface area contributed by atoms with Gasteiger partial charge in [0.05, 0.1) is 0 Å². The zero-order valence-electron chi connectivity index (χ0n) is 3.44. The topological polar surface area (TPSA) is 106 Å². The predicted molar refractivity (Wildman–Crippen MR) is 24.9 cm³/mol. The molecule has 0 saturated heterocycles. The quantitative estimate of drug-likeness (QED) is 0.496. The molecule has 0 saturated carbocycles. The molecule has 0 aliphatic carbocycles. The first kappa shape index (κ1) is 23.6. The fourth-order valence-corrected chi connectivity index (χ4v) is 0. The monoisotopic (exact) mass is 270 g/mol. The third kappa shape index (κ3) is 816. The van der Waals surface area contributed by atoms with Crippen molar-refractivity contribution in [1.82, 2.24) is 0 Å². The van der Waals surface area contributed by atoms with Crippen molar-refractivity contribution in [3.05, 3.63) is 0 Å². The van der Waals surface area contributed by atoms with Gasteiger partial charge >= 0.3 is 32.1 Å². The molecule has 4 N–H and O–H groups in total. The van der Waals surface area contributed by atoms with Crippen LogP contribution in [0, 0.1) is 0 Å². The second-order valence-corrected chi connectivity index (χ2v) is 3.00. The summed E-state index contributed by atoms with van der Waals surface area (Å²) >= 11 is -5.52. The molecular formula is H6ClFO5Te. The average Bonchev–Trinajstić information content (AvgIpc) is 0.722. The van der Waals surface area contributed by atoms with Gasteiger partial charge < -0.3 is 5.48 Å². The molecule has 0 atom stereocenters. The fourth-order valence-electron chi connectivity index (χ4n) is 0.